The van der Waals surface area contributed by atoms with Gasteiger partial charge in [0, 0.05) is 16.6 Å². The number of hydrogen-bond acceptors (Lipinski definition) is 2. The highest BCUT2D eigenvalue weighted by atomic mass is 32.2. The first-order valence-corrected chi connectivity index (χ1v) is 10.3. The molecule has 2 nitrogen and oxygen atoms in total. The minimum absolute atomic E-state index is 0.0171. The third kappa shape index (κ3) is 4.66. The van der Waals surface area contributed by atoms with E-state index in [4.69, 9.17) is 0 Å². The largest absolute Gasteiger partial charge is 0.280 e. The van der Waals surface area contributed by atoms with E-state index in [-0.39, 0.29) is 11.2 Å². The van der Waals surface area contributed by atoms with Crippen molar-refractivity contribution in [1.29, 1.82) is 0 Å². The molecule has 0 saturated heterocycles. The molecular weight excluding hydrogens is 326 g/mol. The second kappa shape index (κ2) is 9.10. The summed E-state index contributed by atoms with van der Waals surface area (Å²) in [6.45, 7) is 2.13. The summed E-state index contributed by atoms with van der Waals surface area (Å²) >= 11 is 1.90. The van der Waals surface area contributed by atoms with E-state index in [1.807, 2.05) is 77.3 Å². The fourth-order valence-electron chi connectivity index (χ4n) is 3.46. The smallest absolute Gasteiger partial charge is 0.244 e. The highest BCUT2D eigenvalue weighted by Crippen LogP contribution is 2.35. The normalized spacial score (nSPS) is 16.4. The third-order valence-electron chi connectivity index (χ3n) is 4.80. The van der Waals surface area contributed by atoms with E-state index in [2.05, 4.69) is 6.92 Å². The Morgan fingerprint density at radius 1 is 0.960 bits per heavy atom. The molecule has 0 bridgehead atoms. The first-order valence-electron chi connectivity index (χ1n) is 9.39. The Morgan fingerprint density at radius 3 is 1.96 bits per heavy atom. The zero-order valence-corrected chi connectivity index (χ0v) is 15.8. The van der Waals surface area contributed by atoms with Crippen molar-refractivity contribution in [3.63, 3.8) is 0 Å². The summed E-state index contributed by atoms with van der Waals surface area (Å²) in [4.78, 5) is 15.3. The topological polar surface area (TPSA) is 20.3 Å². The molecule has 1 fully saturated rings. The molecule has 3 rings (SSSR count). The lowest BCUT2D eigenvalue weighted by molar-refractivity contribution is -0.117. The maximum absolute atomic E-state index is 13.5. The summed E-state index contributed by atoms with van der Waals surface area (Å²) in [6.07, 6.45) is 7.35. The maximum atomic E-state index is 13.5. The molecular formula is C22H27NOS. The lowest BCUT2D eigenvalue weighted by atomic mass is 10.0. The van der Waals surface area contributed by atoms with E-state index < -0.39 is 0 Å². The van der Waals surface area contributed by atoms with Crippen LogP contribution in [0.2, 0.25) is 0 Å². The van der Waals surface area contributed by atoms with Gasteiger partial charge in [-0.3, -0.25) is 9.69 Å². The predicted octanol–water partition coefficient (Wildman–Crippen LogP) is 6.20. The van der Waals surface area contributed by atoms with E-state index >= 15 is 0 Å². The van der Waals surface area contributed by atoms with Crippen molar-refractivity contribution in [1.82, 2.24) is 0 Å². The molecule has 1 atom stereocenters. The number of hydrogen-bond donors (Lipinski definition) is 0. The van der Waals surface area contributed by atoms with Gasteiger partial charge in [0.1, 0.15) is 0 Å². The Hall–Kier alpha value is -1.74. The first-order chi connectivity index (χ1) is 12.3. The van der Waals surface area contributed by atoms with Crippen LogP contribution >= 0.6 is 11.8 Å². The molecule has 2 aromatic carbocycles. The van der Waals surface area contributed by atoms with Crippen molar-refractivity contribution >= 4 is 29.0 Å². The molecule has 0 aliphatic heterocycles. The molecule has 1 amide bonds. The first kappa shape index (κ1) is 18.1. The van der Waals surface area contributed by atoms with E-state index in [1.54, 1.807) is 0 Å². The van der Waals surface area contributed by atoms with Gasteiger partial charge in [-0.05, 0) is 43.5 Å². The minimum atomic E-state index is 0.0171. The van der Waals surface area contributed by atoms with Crippen molar-refractivity contribution in [3.8, 4) is 0 Å². The summed E-state index contributed by atoms with van der Waals surface area (Å²) in [5, 5.41) is 0.652. The lowest BCUT2D eigenvalue weighted by Gasteiger charge is -2.30. The van der Waals surface area contributed by atoms with Crippen LogP contribution in [0.25, 0.3) is 0 Å². The highest BCUT2D eigenvalue weighted by Gasteiger charge is 2.29. The van der Waals surface area contributed by atoms with Crippen LogP contribution in [0.3, 0.4) is 0 Å². The van der Waals surface area contributed by atoms with Gasteiger partial charge in [0.2, 0.25) is 5.91 Å². The molecule has 1 aliphatic carbocycles. The summed E-state index contributed by atoms with van der Waals surface area (Å²) in [5.41, 5.74) is 1.89. The molecule has 1 aliphatic rings. The molecule has 0 aromatic heterocycles. The van der Waals surface area contributed by atoms with E-state index in [0.29, 0.717) is 5.25 Å². The van der Waals surface area contributed by atoms with E-state index in [1.165, 1.54) is 32.1 Å². The van der Waals surface area contributed by atoms with Crippen LogP contribution in [0.1, 0.15) is 45.4 Å². The van der Waals surface area contributed by atoms with Gasteiger partial charge in [-0.25, -0.2) is 0 Å². The van der Waals surface area contributed by atoms with Crippen LogP contribution in [0.4, 0.5) is 11.4 Å². The van der Waals surface area contributed by atoms with Gasteiger partial charge in [0.05, 0.1) is 5.25 Å². The second-order valence-corrected chi connectivity index (χ2v) is 8.15. The van der Waals surface area contributed by atoms with Crippen LogP contribution in [0.5, 0.6) is 0 Å². The van der Waals surface area contributed by atoms with E-state index in [9.17, 15) is 4.79 Å². The fourth-order valence-corrected chi connectivity index (χ4v) is 4.95. The van der Waals surface area contributed by atoms with Gasteiger partial charge < -0.3 is 0 Å². The Kier molecular flexibility index (Phi) is 6.57. The number of carbonyl (C=O) groups excluding carboxylic acids is 1. The quantitative estimate of drug-likeness (QED) is 0.616. The summed E-state index contributed by atoms with van der Waals surface area (Å²) < 4.78 is 0. The minimum Gasteiger partial charge on any atom is -0.280 e. The third-order valence-corrected chi connectivity index (χ3v) is 6.52. The second-order valence-electron chi connectivity index (χ2n) is 6.64. The molecule has 132 valence electrons. The van der Waals surface area contributed by atoms with Crippen molar-refractivity contribution in [2.24, 2.45) is 0 Å². The Bertz CT molecular complexity index is 613. The SMILES string of the molecule is CCC(SC1CCCCC1)C(=O)N(c1ccccc1)c1ccccc1. The lowest BCUT2D eigenvalue weighted by Crippen LogP contribution is -2.35. The fraction of sp³-hybridized carbons (Fsp3) is 0.409. The number of para-hydroxylation sites is 2. The monoisotopic (exact) mass is 353 g/mol. The molecule has 0 spiro atoms. The molecule has 1 saturated carbocycles. The number of thioether (sulfide) groups is 1. The molecule has 2 aromatic rings. The number of amides is 1. The van der Waals surface area contributed by atoms with Crippen molar-refractivity contribution in [3.05, 3.63) is 60.7 Å². The predicted molar refractivity (Wildman–Crippen MR) is 109 cm³/mol. The number of rotatable bonds is 6. The van der Waals surface area contributed by atoms with Gasteiger partial charge in [0.25, 0.3) is 0 Å². The zero-order valence-electron chi connectivity index (χ0n) is 14.9. The number of carbonyl (C=O) groups is 1. The van der Waals surface area contributed by atoms with Gasteiger partial charge in [-0.1, -0.05) is 62.6 Å². The molecule has 1 unspecified atom stereocenters. The number of benzene rings is 2. The van der Waals surface area contributed by atoms with Crippen LogP contribution in [0, 0.1) is 0 Å². The van der Waals surface area contributed by atoms with E-state index in [0.717, 1.165) is 17.8 Å². The molecule has 25 heavy (non-hydrogen) atoms. The van der Waals surface area contributed by atoms with Gasteiger partial charge in [0.15, 0.2) is 0 Å². The highest BCUT2D eigenvalue weighted by molar-refractivity contribution is 8.01. The van der Waals surface area contributed by atoms with Crippen molar-refractivity contribution < 1.29 is 4.79 Å². The van der Waals surface area contributed by atoms with Gasteiger partial charge in [-0.15, -0.1) is 11.8 Å². The standard InChI is InChI=1S/C22H27NOS/c1-2-21(25-20-16-10-5-11-17-20)22(24)23(18-12-6-3-7-13-18)19-14-8-4-9-15-19/h3-4,6-9,12-15,20-21H,2,5,10-11,16-17H2,1H3. The Balaban J connectivity index is 1.84. The molecule has 0 heterocycles. The summed E-state index contributed by atoms with van der Waals surface area (Å²) in [5.74, 6) is 0.204. The zero-order chi connectivity index (χ0) is 17.5. The Labute approximate surface area is 155 Å². The molecule has 0 radical (unpaired) electrons. The van der Waals surface area contributed by atoms with Gasteiger partial charge >= 0.3 is 0 Å². The molecule has 3 heteroatoms. The average molecular weight is 354 g/mol. The van der Waals surface area contributed by atoms with Crippen LogP contribution in [-0.4, -0.2) is 16.4 Å². The Morgan fingerprint density at radius 2 is 1.48 bits per heavy atom. The molecule has 0 N–H and O–H groups in total. The number of anilines is 2. The van der Waals surface area contributed by atoms with Crippen molar-refractivity contribution in [2.75, 3.05) is 4.90 Å². The average Bonchev–Trinajstić information content (AvgIpc) is 2.69. The van der Waals surface area contributed by atoms with Crippen LogP contribution in [0.15, 0.2) is 60.7 Å². The maximum Gasteiger partial charge on any atom is 0.244 e. The number of nitrogens with zero attached hydrogens (tertiary/aromatic N) is 1. The summed E-state index contributed by atoms with van der Waals surface area (Å²) in [6, 6.07) is 20.0. The summed E-state index contributed by atoms with van der Waals surface area (Å²) in [7, 11) is 0. The van der Waals surface area contributed by atoms with Crippen molar-refractivity contribution in [2.45, 2.75) is 55.9 Å². The van der Waals surface area contributed by atoms with Crippen LogP contribution in [-0.2, 0) is 4.79 Å². The van der Waals surface area contributed by atoms with Crippen LogP contribution < -0.4 is 4.90 Å². The van der Waals surface area contributed by atoms with Gasteiger partial charge in [-0.2, -0.15) is 0 Å².